The van der Waals surface area contributed by atoms with Crippen LogP contribution in [0.3, 0.4) is 0 Å². The molecule has 0 aromatic carbocycles. The van der Waals surface area contributed by atoms with Crippen molar-refractivity contribution in [2.75, 3.05) is 0 Å². The average Bonchev–Trinajstić information content (AvgIpc) is 2.59. The zero-order chi connectivity index (χ0) is 10.1. The first-order valence-corrected chi connectivity index (χ1v) is 5.40. The molecule has 3 heteroatoms. The van der Waals surface area contributed by atoms with Crippen LogP contribution in [-0.2, 0) is 11.2 Å². The van der Waals surface area contributed by atoms with Gasteiger partial charge in [0.1, 0.15) is 4.60 Å². The van der Waals surface area contributed by atoms with Gasteiger partial charge in [0.05, 0.1) is 0 Å². The van der Waals surface area contributed by atoms with E-state index < -0.39 is 0 Å². The maximum Gasteiger partial charge on any atom is 0.162 e. The van der Waals surface area contributed by atoms with Crippen molar-refractivity contribution in [2.45, 2.75) is 19.8 Å². The molecule has 0 atom stereocenters. The molecule has 72 valence electrons. The van der Waals surface area contributed by atoms with Gasteiger partial charge in [0.2, 0.25) is 0 Å². The van der Waals surface area contributed by atoms with Gasteiger partial charge in [0, 0.05) is 18.2 Å². The highest BCUT2D eigenvalue weighted by atomic mass is 79.9. The molecule has 2 rings (SSSR count). The lowest BCUT2D eigenvalue weighted by Crippen LogP contribution is -1.98. The number of allylic oxidation sites excluding steroid dienone is 2. The number of halogens is 1. The Bertz CT molecular complexity index is 423. The monoisotopic (exact) mass is 251 g/mol. The number of Topliss-reactive ketones (excluding diaryl/α,β-unsaturated/α-hetero) is 1. The summed E-state index contributed by atoms with van der Waals surface area (Å²) in [7, 11) is 0. The van der Waals surface area contributed by atoms with Crippen LogP contribution in [0.5, 0.6) is 0 Å². The van der Waals surface area contributed by atoms with Crippen molar-refractivity contribution in [1.82, 2.24) is 4.98 Å². The number of aromatic nitrogens is 1. The third-order valence-electron chi connectivity index (χ3n) is 2.39. The van der Waals surface area contributed by atoms with E-state index in [2.05, 4.69) is 20.9 Å². The summed E-state index contributed by atoms with van der Waals surface area (Å²) in [4.78, 5) is 15.7. The first-order chi connectivity index (χ1) is 6.72. The fourth-order valence-corrected chi connectivity index (χ4v) is 1.98. The summed E-state index contributed by atoms with van der Waals surface area (Å²) < 4.78 is 0.785. The van der Waals surface area contributed by atoms with Crippen LogP contribution in [0, 0.1) is 0 Å². The van der Waals surface area contributed by atoms with Crippen molar-refractivity contribution < 1.29 is 4.79 Å². The number of hydrogen-bond donors (Lipinski definition) is 0. The third-order valence-corrected chi connectivity index (χ3v) is 2.82. The number of fused-ring (bicyclic) bond motifs is 1. The van der Waals surface area contributed by atoms with E-state index in [1.54, 1.807) is 0 Å². The first-order valence-electron chi connectivity index (χ1n) is 4.60. The second-order valence-corrected chi connectivity index (χ2v) is 4.08. The Labute approximate surface area is 91.2 Å². The summed E-state index contributed by atoms with van der Waals surface area (Å²) >= 11 is 3.31. The molecule has 1 heterocycles. The summed E-state index contributed by atoms with van der Waals surface area (Å²) in [5.74, 6) is 0.210. The highest BCUT2D eigenvalue weighted by Crippen LogP contribution is 2.29. The van der Waals surface area contributed by atoms with Crippen molar-refractivity contribution in [2.24, 2.45) is 0 Å². The number of rotatable bonds is 2. The number of carbonyl (C=O) groups is 1. The van der Waals surface area contributed by atoms with E-state index >= 15 is 0 Å². The minimum Gasteiger partial charge on any atom is -0.294 e. The van der Waals surface area contributed by atoms with Crippen molar-refractivity contribution in [3.05, 3.63) is 34.1 Å². The zero-order valence-corrected chi connectivity index (χ0v) is 9.47. The average molecular weight is 252 g/mol. The van der Waals surface area contributed by atoms with Gasteiger partial charge in [-0.05, 0) is 39.5 Å². The Morgan fingerprint density at radius 3 is 3.14 bits per heavy atom. The smallest absolute Gasteiger partial charge is 0.162 e. The van der Waals surface area contributed by atoms with Crippen LogP contribution < -0.4 is 0 Å². The fourth-order valence-electron chi connectivity index (χ4n) is 1.65. The van der Waals surface area contributed by atoms with Crippen LogP contribution in [-0.4, -0.2) is 10.8 Å². The largest absolute Gasteiger partial charge is 0.294 e. The van der Waals surface area contributed by atoms with Crippen LogP contribution in [0.2, 0.25) is 0 Å². The molecular formula is C11H10BrNO. The highest BCUT2D eigenvalue weighted by Gasteiger charge is 2.19. The van der Waals surface area contributed by atoms with E-state index in [0.29, 0.717) is 6.42 Å². The molecule has 0 spiro atoms. The molecule has 0 radical (unpaired) electrons. The van der Waals surface area contributed by atoms with Gasteiger partial charge >= 0.3 is 0 Å². The van der Waals surface area contributed by atoms with Crippen LogP contribution in [0.25, 0.3) is 5.57 Å². The maximum absolute atomic E-state index is 11.6. The molecule has 0 saturated heterocycles. The molecule has 0 saturated carbocycles. The van der Waals surface area contributed by atoms with Gasteiger partial charge in [-0.25, -0.2) is 4.98 Å². The third kappa shape index (κ3) is 1.52. The molecule has 14 heavy (non-hydrogen) atoms. The van der Waals surface area contributed by atoms with Crippen LogP contribution in [0.1, 0.15) is 24.5 Å². The lowest BCUT2D eigenvalue weighted by atomic mass is 10.0. The molecule has 2 nitrogen and oxygen atoms in total. The minimum absolute atomic E-state index is 0.210. The molecular weight excluding hydrogens is 242 g/mol. The summed E-state index contributed by atoms with van der Waals surface area (Å²) in [6.07, 6.45) is 5.21. The Hall–Kier alpha value is -0.960. The molecule has 1 aliphatic carbocycles. The second-order valence-electron chi connectivity index (χ2n) is 3.26. The van der Waals surface area contributed by atoms with Crippen molar-refractivity contribution in [1.29, 1.82) is 0 Å². The topological polar surface area (TPSA) is 30.0 Å². The lowest BCUT2D eigenvalue weighted by Gasteiger charge is -2.03. The lowest BCUT2D eigenvalue weighted by molar-refractivity contribution is -0.113. The van der Waals surface area contributed by atoms with Gasteiger partial charge in [-0.2, -0.15) is 0 Å². The Morgan fingerprint density at radius 1 is 1.64 bits per heavy atom. The number of nitrogens with zero attached hydrogens (tertiary/aromatic N) is 1. The Balaban J connectivity index is 2.45. The fraction of sp³-hybridized carbons (Fsp3) is 0.273. The van der Waals surface area contributed by atoms with Gasteiger partial charge in [-0.1, -0.05) is 13.0 Å². The van der Waals surface area contributed by atoms with E-state index in [9.17, 15) is 4.79 Å². The van der Waals surface area contributed by atoms with Crippen molar-refractivity contribution >= 4 is 27.3 Å². The number of carbonyl (C=O) groups excluding carboxylic acids is 1. The summed E-state index contributed by atoms with van der Waals surface area (Å²) in [5, 5.41) is 0. The van der Waals surface area contributed by atoms with Gasteiger partial charge in [-0.15, -0.1) is 0 Å². The highest BCUT2D eigenvalue weighted by molar-refractivity contribution is 9.10. The Morgan fingerprint density at radius 2 is 2.43 bits per heavy atom. The van der Waals surface area contributed by atoms with Crippen LogP contribution in [0.15, 0.2) is 22.9 Å². The maximum atomic E-state index is 11.6. The summed E-state index contributed by atoms with van der Waals surface area (Å²) in [6, 6.07) is 1.92. The van der Waals surface area contributed by atoms with Crippen molar-refractivity contribution in [3.8, 4) is 0 Å². The van der Waals surface area contributed by atoms with E-state index in [1.807, 2.05) is 25.3 Å². The molecule has 1 aromatic heterocycles. The SMILES string of the molecule is CCC(=O)C1=CCc2cnc(Br)cc21. The summed E-state index contributed by atoms with van der Waals surface area (Å²) in [6.45, 7) is 1.89. The molecule has 0 bridgehead atoms. The number of pyridine rings is 1. The van der Waals surface area contributed by atoms with Gasteiger partial charge < -0.3 is 0 Å². The number of hydrogen-bond acceptors (Lipinski definition) is 2. The molecule has 0 aliphatic heterocycles. The normalized spacial score (nSPS) is 13.7. The van der Waals surface area contributed by atoms with Crippen LogP contribution in [0.4, 0.5) is 0 Å². The molecule has 0 N–H and O–H groups in total. The summed E-state index contributed by atoms with van der Waals surface area (Å²) in [5.41, 5.74) is 3.04. The standard InChI is InChI=1S/C11H10BrNO/c1-2-10(14)8-4-3-7-6-13-11(12)5-9(7)8/h4-6H,2-3H2,1H3. The quantitative estimate of drug-likeness (QED) is 0.757. The van der Waals surface area contributed by atoms with E-state index in [4.69, 9.17) is 0 Å². The predicted molar refractivity (Wildman–Crippen MR) is 58.9 cm³/mol. The first kappa shape index (κ1) is 9.59. The van der Waals surface area contributed by atoms with Gasteiger partial charge in [0.25, 0.3) is 0 Å². The van der Waals surface area contributed by atoms with Crippen LogP contribution >= 0.6 is 15.9 Å². The van der Waals surface area contributed by atoms with E-state index in [1.165, 1.54) is 0 Å². The van der Waals surface area contributed by atoms with Gasteiger partial charge in [-0.3, -0.25) is 4.79 Å². The minimum atomic E-state index is 0.210. The van der Waals surface area contributed by atoms with Crippen molar-refractivity contribution in [3.63, 3.8) is 0 Å². The molecule has 1 aliphatic rings. The predicted octanol–water partition coefficient (Wildman–Crippen LogP) is 2.76. The molecule has 0 unspecified atom stereocenters. The molecule has 0 fully saturated rings. The second kappa shape index (κ2) is 3.65. The molecule has 0 amide bonds. The van der Waals surface area contributed by atoms with E-state index in [0.717, 1.165) is 27.7 Å². The van der Waals surface area contributed by atoms with Gasteiger partial charge in [0.15, 0.2) is 5.78 Å². The zero-order valence-electron chi connectivity index (χ0n) is 7.88. The van der Waals surface area contributed by atoms with E-state index in [-0.39, 0.29) is 5.78 Å². The molecule has 1 aromatic rings. The number of ketones is 1. The Kier molecular flexibility index (Phi) is 2.50.